The number of nitrogens with zero attached hydrogens (tertiary/aromatic N) is 1. The summed E-state index contributed by atoms with van der Waals surface area (Å²) in [5.74, 6) is 0. The number of rotatable bonds is 7. The highest BCUT2D eigenvalue weighted by Crippen LogP contribution is 2.14. The molecule has 0 aliphatic heterocycles. The first kappa shape index (κ1) is 14.1. The first-order valence-electron chi connectivity index (χ1n) is 7.01. The van der Waals surface area contributed by atoms with Gasteiger partial charge in [0.2, 0.25) is 0 Å². The second-order valence-electron chi connectivity index (χ2n) is 4.88. The van der Waals surface area contributed by atoms with Crippen LogP contribution in [0.5, 0.6) is 0 Å². The normalized spacial score (nSPS) is 10.6. The molecule has 0 saturated carbocycles. The molecule has 0 saturated heterocycles. The van der Waals surface area contributed by atoms with Gasteiger partial charge in [-0.3, -0.25) is 0 Å². The van der Waals surface area contributed by atoms with E-state index in [0.29, 0.717) is 0 Å². The van der Waals surface area contributed by atoms with E-state index in [9.17, 15) is 0 Å². The monoisotopic (exact) mass is 274 g/mol. The SMILES string of the molecule is CCCCc1nc(CCNc2ccc(C)cc2)cs1. The van der Waals surface area contributed by atoms with Crippen LogP contribution in [0.4, 0.5) is 5.69 Å². The summed E-state index contributed by atoms with van der Waals surface area (Å²) < 4.78 is 0. The Morgan fingerprint density at radius 3 is 2.68 bits per heavy atom. The zero-order valence-electron chi connectivity index (χ0n) is 11.8. The lowest BCUT2D eigenvalue weighted by molar-refractivity contribution is 0.785. The molecule has 2 aromatic rings. The molecule has 0 amide bonds. The molecule has 0 atom stereocenters. The quantitative estimate of drug-likeness (QED) is 0.807. The number of hydrogen-bond donors (Lipinski definition) is 1. The Balaban J connectivity index is 1.76. The third-order valence-electron chi connectivity index (χ3n) is 3.11. The maximum atomic E-state index is 4.67. The first-order chi connectivity index (χ1) is 9.28. The summed E-state index contributed by atoms with van der Waals surface area (Å²) in [6.45, 7) is 5.27. The van der Waals surface area contributed by atoms with E-state index in [1.54, 1.807) is 11.3 Å². The van der Waals surface area contributed by atoms with Gasteiger partial charge in [-0.15, -0.1) is 11.3 Å². The van der Waals surface area contributed by atoms with Crippen LogP contribution in [-0.4, -0.2) is 11.5 Å². The van der Waals surface area contributed by atoms with E-state index in [1.807, 2.05) is 0 Å². The predicted octanol–water partition coefficient (Wildman–Crippen LogP) is 4.45. The predicted molar refractivity (Wildman–Crippen MR) is 84.1 cm³/mol. The van der Waals surface area contributed by atoms with Gasteiger partial charge >= 0.3 is 0 Å². The molecule has 2 nitrogen and oxygen atoms in total. The van der Waals surface area contributed by atoms with Crippen LogP contribution < -0.4 is 5.32 Å². The molecule has 1 heterocycles. The van der Waals surface area contributed by atoms with Gasteiger partial charge in [0.05, 0.1) is 10.7 Å². The molecule has 1 aromatic heterocycles. The number of hydrogen-bond acceptors (Lipinski definition) is 3. The Morgan fingerprint density at radius 1 is 1.16 bits per heavy atom. The van der Waals surface area contributed by atoms with E-state index in [4.69, 9.17) is 0 Å². The van der Waals surface area contributed by atoms with Crippen molar-refractivity contribution in [2.45, 2.75) is 39.5 Å². The molecule has 0 radical (unpaired) electrons. The zero-order chi connectivity index (χ0) is 13.5. The van der Waals surface area contributed by atoms with Crippen molar-refractivity contribution in [3.05, 3.63) is 45.9 Å². The second-order valence-corrected chi connectivity index (χ2v) is 5.82. The molecule has 1 aromatic carbocycles. The van der Waals surface area contributed by atoms with Crippen LogP contribution in [-0.2, 0) is 12.8 Å². The maximum Gasteiger partial charge on any atom is 0.0928 e. The van der Waals surface area contributed by atoms with E-state index < -0.39 is 0 Å². The molecule has 0 bridgehead atoms. The Hall–Kier alpha value is -1.35. The van der Waals surface area contributed by atoms with Crippen LogP contribution in [0.2, 0.25) is 0 Å². The van der Waals surface area contributed by atoms with E-state index in [0.717, 1.165) is 19.4 Å². The number of thiazole rings is 1. The van der Waals surface area contributed by atoms with Crippen LogP contribution >= 0.6 is 11.3 Å². The molecule has 0 aliphatic rings. The van der Waals surface area contributed by atoms with E-state index in [-0.39, 0.29) is 0 Å². The van der Waals surface area contributed by atoms with Crippen molar-refractivity contribution in [1.29, 1.82) is 0 Å². The number of unbranched alkanes of at least 4 members (excludes halogenated alkanes) is 1. The molecular formula is C16H22N2S. The van der Waals surface area contributed by atoms with Gasteiger partial charge in [0.25, 0.3) is 0 Å². The molecule has 1 N–H and O–H groups in total. The van der Waals surface area contributed by atoms with Gasteiger partial charge in [0, 0.05) is 24.0 Å². The molecule has 102 valence electrons. The molecule has 0 spiro atoms. The van der Waals surface area contributed by atoms with Gasteiger partial charge in [0.1, 0.15) is 0 Å². The third-order valence-corrected chi connectivity index (χ3v) is 4.06. The maximum absolute atomic E-state index is 4.67. The van der Waals surface area contributed by atoms with Crippen LogP contribution in [0, 0.1) is 6.92 Å². The Bertz CT molecular complexity index is 488. The van der Waals surface area contributed by atoms with E-state index in [1.165, 1.54) is 34.8 Å². The standard InChI is InChI=1S/C16H22N2S/c1-3-4-5-16-18-15(12-19-16)10-11-17-14-8-6-13(2)7-9-14/h6-9,12,17H,3-5,10-11H2,1-2H3. The Morgan fingerprint density at radius 2 is 1.95 bits per heavy atom. The van der Waals surface area contributed by atoms with Crippen molar-refractivity contribution in [3.8, 4) is 0 Å². The summed E-state index contributed by atoms with van der Waals surface area (Å²) in [4.78, 5) is 4.67. The van der Waals surface area contributed by atoms with Gasteiger partial charge in [-0.2, -0.15) is 0 Å². The average Bonchev–Trinajstić information content (AvgIpc) is 2.87. The van der Waals surface area contributed by atoms with Gasteiger partial charge in [-0.25, -0.2) is 4.98 Å². The lowest BCUT2D eigenvalue weighted by atomic mass is 10.2. The first-order valence-corrected chi connectivity index (χ1v) is 7.89. The van der Waals surface area contributed by atoms with Gasteiger partial charge in [-0.1, -0.05) is 31.0 Å². The fourth-order valence-electron chi connectivity index (χ4n) is 1.91. The highest BCUT2D eigenvalue weighted by Gasteiger charge is 2.01. The summed E-state index contributed by atoms with van der Waals surface area (Å²) in [6.07, 6.45) is 4.61. The highest BCUT2D eigenvalue weighted by atomic mass is 32.1. The average molecular weight is 274 g/mol. The summed E-state index contributed by atoms with van der Waals surface area (Å²) in [5, 5.41) is 6.92. The summed E-state index contributed by atoms with van der Waals surface area (Å²) >= 11 is 1.80. The largest absolute Gasteiger partial charge is 0.385 e. The molecule has 19 heavy (non-hydrogen) atoms. The summed E-state index contributed by atoms with van der Waals surface area (Å²) in [6, 6.07) is 8.52. The fourth-order valence-corrected chi connectivity index (χ4v) is 2.79. The van der Waals surface area contributed by atoms with Gasteiger partial charge in [-0.05, 0) is 31.9 Å². The molecule has 3 heteroatoms. The fraction of sp³-hybridized carbons (Fsp3) is 0.438. The second kappa shape index (κ2) is 7.29. The van der Waals surface area contributed by atoms with E-state index >= 15 is 0 Å². The van der Waals surface area contributed by atoms with Crippen molar-refractivity contribution < 1.29 is 0 Å². The van der Waals surface area contributed by atoms with Gasteiger partial charge in [0.15, 0.2) is 0 Å². The Kier molecular flexibility index (Phi) is 5.40. The number of anilines is 1. The van der Waals surface area contributed by atoms with Crippen LogP contribution in [0.25, 0.3) is 0 Å². The topological polar surface area (TPSA) is 24.9 Å². The van der Waals surface area contributed by atoms with Crippen molar-refractivity contribution in [1.82, 2.24) is 4.98 Å². The minimum atomic E-state index is 0.944. The number of aromatic nitrogens is 1. The zero-order valence-corrected chi connectivity index (χ0v) is 12.6. The lowest BCUT2D eigenvalue weighted by Gasteiger charge is -2.05. The number of nitrogens with one attached hydrogen (secondary N) is 1. The van der Waals surface area contributed by atoms with Crippen LogP contribution in [0.3, 0.4) is 0 Å². The molecule has 2 rings (SSSR count). The molecule has 0 unspecified atom stereocenters. The highest BCUT2D eigenvalue weighted by molar-refractivity contribution is 7.09. The smallest absolute Gasteiger partial charge is 0.0928 e. The minimum Gasteiger partial charge on any atom is -0.385 e. The van der Waals surface area contributed by atoms with Crippen molar-refractivity contribution in [2.75, 3.05) is 11.9 Å². The lowest BCUT2D eigenvalue weighted by Crippen LogP contribution is -2.05. The van der Waals surface area contributed by atoms with Crippen molar-refractivity contribution >= 4 is 17.0 Å². The summed E-state index contributed by atoms with van der Waals surface area (Å²) in [7, 11) is 0. The Labute approximate surface area is 119 Å². The van der Waals surface area contributed by atoms with Crippen molar-refractivity contribution in [3.63, 3.8) is 0 Å². The molecular weight excluding hydrogens is 252 g/mol. The van der Waals surface area contributed by atoms with Crippen LogP contribution in [0.15, 0.2) is 29.6 Å². The molecule has 0 fully saturated rings. The minimum absolute atomic E-state index is 0.944. The van der Waals surface area contributed by atoms with Gasteiger partial charge < -0.3 is 5.32 Å². The summed E-state index contributed by atoms with van der Waals surface area (Å²) in [5.41, 5.74) is 3.70. The molecule has 0 aliphatic carbocycles. The number of benzene rings is 1. The number of aryl methyl sites for hydroxylation is 2. The third kappa shape index (κ3) is 4.67. The van der Waals surface area contributed by atoms with E-state index in [2.05, 4.69) is 53.8 Å². The van der Waals surface area contributed by atoms with Crippen molar-refractivity contribution in [2.24, 2.45) is 0 Å². The van der Waals surface area contributed by atoms with Crippen LogP contribution in [0.1, 0.15) is 36.0 Å².